The molecule has 0 unspecified atom stereocenters. The van der Waals surface area contributed by atoms with E-state index in [2.05, 4.69) is 42.3 Å². The molecule has 2 spiro atoms. The highest BCUT2D eigenvalue weighted by Gasteiger charge is 2.70. The van der Waals surface area contributed by atoms with Gasteiger partial charge in [-0.1, -0.05) is 30.3 Å². The van der Waals surface area contributed by atoms with E-state index in [0.29, 0.717) is 17.7 Å². The predicted molar refractivity (Wildman–Crippen MR) is 118 cm³/mol. The monoisotopic (exact) mass is 415 g/mol. The number of likely N-dealkylation sites (tertiary alicyclic amines) is 1. The molecule has 3 aliphatic carbocycles. The molecule has 7 rings (SSSR count). The number of hydrogen-bond acceptors (Lipinski definition) is 4. The molecule has 2 fully saturated rings. The number of likely N-dealkylation sites (N-methyl/N-ethyl adjacent to an activating group) is 1. The summed E-state index contributed by atoms with van der Waals surface area (Å²) in [5.41, 5.74) is 4.99. The van der Waals surface area contributed by atoms with Gasteiger partial charge in [0, 0.05) is 22.4 Å². The van der Waals surface area contributed by atoms with Gasteiger partial charge >= 0.3 is 0 Å². The molecule has 0 amide bonds. The number of nitrogens with zero attached hydrogens (tertiary/aromatic N) is 1. The Morgan fingerprint density at radius 1 is 1.10 bits per heavy atom. The summed E-state index contributed by atoms with van der Waals surface area (Å²) >= 11 is 0. The van der Waals surface area contributed by atoms with Crippen LogP contribution in [0.15, 0.2) is 36.4 Å². The van der Waals surface area contributed by atoms with Crippen LogP contribution in [0.3, 0.4) is 0 Å². The number of carbonyl (C=O) groups excluding carboxylic acids is 1. The summed E-state index contributed by atoms with van der Waals surface area (Å²) in [5.74, 6) is 2.46. The van der Waals surface area contributed by atoms with Crippen molar-refractivity contribution in [2.24, 2.45) is 11.3 Å². The number of hydrogen-bond donors (Lipinski definition) is 0. The van der Waals surface area contributed by atoms with E-state index in [1.807, 2.05) is 6.07 Å². The van der Waals surface area contributed by atoms with E-state index in [9.17, 15) is 4.79 Å². The van der Waals surface area contributed by atoms with Gasteiger partial charge in [-0.3, -0.25) is 4.79 Å². The van der Waals surface area contributed by atoms with E-state index >= 15 is 0 Å². The van der Waals surface area contributed by atoms with Crippen LogP contribution in [0.4, 0.5) is 0 Å². The van der Waals surface area contributed by atoms with E-state index in [-0.39, 0.29) is 16.9 Å². The third-order valence-corrected chi connectivity index (χ3v) is 9.49. The van der Waals surface area contributed by atoms with Crippen LogP contribution in [-0.2, 0) is 29.5 Å². The minimum atomic E-state index is -0.363. The molecule has 31 heavy (non-hydrogen) atoms. The van der Waals surface area contributed by atoms with Crippen molar-refractivity contribution < 1.29 is 14.3 Å². The molecule has 4 heteroatoms. The molecule has 5 aliphatic rings. The number of rotatable bonds is 1. The molecule has 0 radical (unpaired) electrons. The molecule has 4 nitrogen and oxygen atoms in total. The third-order valence-electron chi connectivity index (χ3n) is 9.49. The second-order valence-electron chi connectivity index (χ2n) is 10.6. The van der Waals surface area contributed by atoms with Gasteiger partial charge in [0.1, 0.15) is 0 Å². The molecule has 2 aromatic rings. The van der Waals surface area contributed by atoms with Crippen molar-refractivity contribution in [1.82, 2.24) is 4.90 Å². The lowest BCUT2D eigenvalue weighted by atomic mass is 9.45. The second kappa shape index (κ2) is 5.92. The van der Waals surface area contributed by atoms with Crippen LogP contribution >= 0.6 is 0 Å². The van der Waals surface area contributed by atoms with E-state index in [1.165, 1.54) is 22.3 Å². The molecule has 2 bridgehead atoms. The van der Waals surface area contributed by atoms with Crippen LogP contribution in [0.5, 0.6) is 11.5 Å². The predicted octanol–water partition coefficient (Wildman–Crippen LogP) is 3.72. The van der Waals surface area contributed by atoms with E-state index in [1.54, 1.807) is 7.11 Å². The fourth-order valence-electron chi connectivity index (χ4n) is 8.03. The molecule has 0 aromatic heterocycles. The number of carbonyl (C=O) groups is 1. The van der Waals surface area contributed by atoms with Crippen molar-refractivity contribution in [2.45, 2.75) is 56.1 Å². The van der Waals surface area contributed by atoms with Crippen molar-refractivity contribution >= 4 is 5.78 Å². The van der Waals surface area contributed by atoms with Crippen molar-refractivity contribution in [1.29, 1.82) is 0 Å². The maximum Gasteiger partial charge on any atom is 0.180 e. The Morgan fingerprint density at radius 2 is 1.94 bits per heavy atom. The molecule has 2 aliphatic heterocycles. The quantitative estimate of drug-likeness (QED) is 0.712. The van der Waals surface area contributed by atoms with Gasteiger partial charge in [0.2, 0.25) is 0 Å². The molecule has 2 aromatic carbocycles. The molecule has 0 N–H and O–H groups in total. The van der Waals surface area contributed by atoms with Crippen LogP contribution < -0.4 is 9.47 Å². The summed E-state index contributed by atoms with van der Waals surface area (Å²) in [5, 5.41) is 0. The van der Waals surface area contributed by atoms with Crippen molar-refractivity contribution in [3.05, 3.63) is 58.7 Å². The highest BCUT2D eigenvalue weighted by molar-refractivity contribution is 5.94. The molecule has 2 heterocycles. The smallest absolute Gasteiger partial charge is 0.180 e. The molecule has 5 atom stereocenters. The SMILES string of the molecule is COc1ccc2c3c1O[C@H]1C(=O)[C@]4(CCc5ccccc5C4)C[C@H]4[C@H](C2)N(C)CC[C@]314. The summed E-state index contributed by atoms with van der Waals surface area (Å²) in [6.45, 7) is 1.03. The first-order valence-corrected chi connectivity index (χ1v) is 11.8. The highest BCUT2D eigenvalue weighted by Crippen LogP contribution is 2.66. The normalized spacial score (nSPS) is 37.2. The molecular formula is C27H29NO3. The summed E-state index contributed by atoms with van der Waals surface area (Å²) in [4.78, 5) is 16.9. The van der Waals surface area contributed by atoms with Gasteiger partial charge in [-0.2, -0.15) is 0 Å². The number of benzene rings is 2. The van der Waals surface area contributed by atoms with Crippen LogP contribution in [0.25, 0.3) is 0 Å². The van der Waals surface area contributed by atoms with E-state index < -0.39 is 0 Å². The Bertz CT molecular complexity index is 1130. The van der Waals surface area contributed by atoms with Crippen LogP contribution in [0.1, 0.15) is 41.5 Å². The highest BCUT2D eigenvalue weighted by atomic mass is 16.5. The zero-order chi connectivity index (χ0) is 21.0. The van der Waals surface area contributed by atoms with E-state index in [0.717, 1.165) is 56.6 Å². The van der Waals surface area contributed by atoms with Gasteiger partial charge < -0.3 is 14.4 Å². The van der Waals surface area contributed by atoms with Crippen molar-refractivity contribution in [3.63, 3.8) is 0 Å². The van der Waals surface area contributed by atoms with E-state index in [4.69, 9.17) is 9.47 Å². The molecule has 160 valence electrons. The maximum atomic E-state index is 14.3. The van der Waals surface area contributed by atoms with Crippen molar-refractivity contribution in [2.75, 3.05) is 20.7 Å². The average Bonchev–Trinajstić information content (AvgIpc) is 3.14. The topological polar surface area (TPSA) is 38.8 Å². The summed E-state index contributed by atoms with van der Waals surface area (Å²) < 4.78 is 12.4. The standard InChI is InChI=1S/C27H29NO3/c1-28-12-11-27-19-15-26(10-9-16-5-3-4-6-18(16)14-26)24(29)25(27)31-23-21(30-2)8-7-17(22(23)27)13-20(19)28/h3-8,19-20,25H,9-15H2,1-2H3/t19-,20-,25-,26-,27-/m0/s1. The van der Waals surface area contributed by atoms with Crippen LogP contribution in [0, 0.1) is 11.3 Å². The van der Waals surface area contributed by atoms with Crippen LogP contribution in [0.2, 0.25) is 0 Å². The molecule has 1 saturated heterocycles. The first kappa shape index (κ1) is 18.3. The second-order valence-corrected chi connectivity index (χ2v) is 10.6. The number of Topliss-reactive ketones (excluding diaryl/α,β-unsaturated/α-hetero) is 1. The fraction of sp³-hybridized carbons (Fsp3) is 0.519. The van der Waals surface area contributed by atoms with Gasteiger partial charge in [-0.05, 0) is 80.8 Å². The maximum absolute atomic E-state index is 14.3. The molecular weight excluding hydrogens is 386 g/mol. The zero-order valence-corrected chi connectivity index (χ0v) is 18.3. The Hall–Kier alpha value is -2.33. The van der Waals surface area contributed by atoms with Gasteiger partial charge in [-0.15, -0.1) is 0 Å². The fourth-order valence-corrected chi connectivity index (χ4v) is 8.03. The number of ketones is 1. The zero-order valence-electron chi connectivity index (χ0n) is 18.3. The van der Waals surface area contributed by atoms with Gasteiger partial charge in [0.25, 0.3) is 0 Å². The number of methoxy groups -OCH3 is 1. The lowest BCUT2D eigenvalue weighted by Crippen LogP contribution is -2.69. The van der Waals surface area contributed by atoms with Gasteiger partial charge in [-0.25, -0.2) is 0 Å². The van der Waals surface area contributed by atoms with Gasteiger partial charge in [0.15, 0.2) is 23.4 Å². The van der Waals surface area contributed by atoms with Gasteiger partial charge in [0.05, 0.1) is 7.11 Å². The first-order valence-electron chi connectivity index (χ1n) is 11.8. The lowest BCUT2D eigenvalue weighted by Gasteiger charge is -2.61. The van der Waals surface area contributed by atoms with Crippen molar-refractivity contribution in [3.8, 4) is 11.5 Å². The Kier molecular flexibility index (Phi) is 3.49. The Labute approximate surface area is 183 Å². The largest absolute Gasteiger partial charge is 0.493 e. The number of aryl methyl sites for hydroxylation is 1. The Morgan fingerprint density at radius 3 is 2.77 bits per heavy atom. The lowest BCUT2D eigenvalue weighted by molar-refractivity contribution is -0.156. The first-order chi connectivity index (χ1) is 15.1. The van der Waals surface area contributed by atoms with Crippen LogP contribution in [-0.4, -0.2) is 43.5 Å². The average molecular weight is 416 g/mol. The summed E-state index contributed by atoms with van der Waals surface area (Å²) in [6, 6.07) is 13.4. The molecule has 1 saturated carbocycles. The number of piperidine rings is 1. The third kappa shape index (κ3) is 2.08. The number of ether oxygens (including phenoxy) is 2. The summed E-state index contributed by atoms with van der Waals surface area (Å²) in [6.07, 6.45) is 5.49. The Balaban J connectivity index is 1.42. The minimum absolute atomic E-state index is 0.173. The minimum Gasteiger partial charge on any atom is -0.493 e. The number of fused-ring (bicyclic) bond motifs is 1. The summed E-state index contributed by atoms with van der Waals surface area (Å²) in [7, 11) is 3.98.